The minimum Gasteiger partial charge on any atom is -0.495 e. The quantitative estimate of drug-likeness (QED) is 0.611. The van der Waals surface area contributed by atoms with Gasteiger partial charge in [0.05, 0.1) is 13.7 Å². The zero-order valence-corrected chi connectivity index (χ0v) is 16.4. The van der Waals surface area contributed by atoms with Gasteiger partial charge in [-0.1, -0.05) is 60.7 Å². The molecule has 0 spiro atoms. The maximum atomic E-state index is 12.9. The van der Waals surface area contributed by atoms with Gasteiger partial charge < -0.3 is 9.84 Å². The smallest absolute Gasteiger partial charge is 0.244 e. The van der Waals surface area contributed by atoms with E-state index in [9.17, 15) is 13.5 Å². The molecule has 5 nitrogen and oxygen atoms in total. The van der Waals surface area contributed by atoms with Gasteiger partial charge in [-0.2, -0.15) is 0 Å². The van der Waals surface area contributed by atoms with E-state index in [2.05, 4.69) is 4.72 Å². The van der Waals surface area contributed by atoms with Crippen molar-refractivity contribution < 1.29 is 18.3 Å². The molecule has 0 unspecified atom stereocenters. The summed E-state index contributed by atoms with van der Waals surface area (Å²) in [6.07, 6.45) is 0.593. The van der Waals surface area contributed by atoms with Gasteiger partial charge in [0, 0.05) is 6.54 Å². The summed E-state index contributed by atoms with van der Waals surface area (Å²) in [5, 5.41) is 9.58. The fourth-order valence-corrected chi connectivity index (χ4v) is 4.27. The summed E-state index contributed by atoms with van der Waals surface area (Å²) in [5.74, 6) is 0.275. The Balaban J connectivity index is 1.88. The monoisotopic (exact) mass is 397 g/mol. The van der Waals surface area contributed by atoms with Crippen LogP contribution in [-0.4, -0.2) is 27.2 Å². The first kappa shape index (κ1) is 20.1. The third-order valence-electron chi connectivity index (χ3n) is 4.50. The minimum atomic E-state index is -3.76. The van der Waals surface area contributed by atoms with Crippen LogP contribution in [0, 0.1) is 0 Å². The van der Waals surface area contributed by atoms with Crippen LogP contribution in [-0.2, 0) is 23.1 Å². The van der Waals surface area contributed by atoms with Gasteiger partial charge in [0.15, 0.2) is 0 Å². The summed E-state index contributed by atoms with van der Waals surface area (Å²) in [7, 11) is -2.32. The van der Waals surface area contributed by atoms with E-state index in [1.54, 1.807) is 18.2 Å². The summed E-state index contributed by atoms with van der Waals surface area (Å²) < 4.78 is 33.7. The largest absolute Gasteiger partial charge is 0.495 e. The molecule has 0 radical (unpaired) electrons. The maximum Gasteiger partial charge on any atom is 0.244 e. The number of ether oxygens (including phenoxy) is 1. The number of methoxy groups -OCH3 is 1. The first-order valence-electron chi connectivity index (χ1n) is 8.96. The second-order valence-electron chi connectivity index (χ2n) is 6.31. The summed E-state index contributed by atoms with van der Waals surface area (Å²) in [5.41, 5.74) is 3.28. The zero-order chi connectivity index (χ0) is 20.0. The molecule has 0 amide bonds. The number of benzene rings is 3. The average Bonchev–Trinajstić information content (AvgIpc) is 2.74. The van der Waals surface area contributed by atoms with Crippen molar-refractivity contribution in [3.05, 3.63) is 83.9 Å². The molecule has 0 aliphatic heterocycles. The van der Waals surface area contributed by atoms with Crippen LogP contribution in [0.3, 0.4) is 0 Å². The first-order valence-corrected chi connectivity index (χ1v) is 10.4. The van der Waals surface area contributed by atoms with Crippen molar-refractivity contribution in [1.82, 2.24) is 4.72 Å². The van der Waals surface area contributed by atoms with Crippen LogP contribution >= 0.6 is 0 Å². The van der Waals surface area contributed by atoms with Gasteiger partial charge >= 0.3 is 0 Å². The lowest BCUT2D eigenvalue weighted by atomic mass is 10.00. The van der Waals surface area contributed by atoms with Gasteiger partial charge in [-0.15, -0.1) is 0 Å². The Bertz CT molecular complexity index is 1030. The van der Waals surface area contributed by atoms with E-state index in [0.29, 0.717) is 12.0 Å². The average molecular weight is 397 g/mol. The number of sulfonamides is 1. The molecule has 3 aromatic rings. The van der Waals surface area contributed by atoms with E-state index >= 15 is 0 Å². The van der Waals surface area contributed by atoms with Crippen molar-refractivity contribution >= 4 is 10.0 Å². The van der Waals surface area contributed by atoms with E-state index in [1.165, 1.54) is 7.11 Å². The highest BCUT2D eigenvalue weighted by Gasteiger charge is 2.20. The molecule has 0 atom stereocenters. The fraction of sp³-hybridized carbons (Fsp3) is 0.182. The van der Waals surface area contributed by atoms with Crippen molar-refractivity contribution in [2.24, 2.45) is 0 Å². The van der Waals surface area contributed by atoms with Crippen LogP contribution in [0.5, 0.6) is 5.75 Å². The van der Waals surface area contributed by atoms with Gasteiger partial charge in [0.25, 0.3) is 0 Å². The van der Waals surface area contributed by atoms with Crippen LogP contribution in [0.4, 0.5) is 0 Å². The van der Waals surface area contributed by atoms with Crippen LogP contribution < -0.4 is 9.46 Å². The number of rotatable bonds is 8. The predicted octanol–water partition coefficient (Wildman–Crippen LogP) is 3.38. The molecule has 146 valence electrons. The molecule has 0 aliphatic rings. The van der Waals surface area contributed by atoms with Crippen molar-refractivity contribution in [3.8, 4) is 16.9 Å². The lowest BCUT2D eigenvalue weighted by molar-refractivity contribution is 0.282. The molecule has 0 heterocycles. The SMILES string of the molecule is COc1ccc(-c2ccccc2CO)cc1S(=O)(=O)NCCc1ccccc1. The Morgan fingerprint density at radius 2 is 1.68 bits per heavy atom. The van der Waals surface area contributed by atoms with E-state index in [0.717, 1.165) is 16.7 Å². The number of aliphatic hydroxyl groups excluding tert-OH is 1. The molecule has 3 rings (SSSR count). The molecule has 0 fully saturated rings. The molecule has 0 aliphatic carbocycles. The highest BCUT2D eigenvalue weighted by molar-refractivity contribution is 7.89. The van der Waals surface area contributed by atoms with Gasteiger partial charge in [-0.25, -0.2) is 13.1 Å². The Hall–Kier alpha value is -2.67. The van der Waals surface area contributed by atoms with Crippen LogP contribution in [0.25, 0.3) is 11.1 Å². The Morgan fingerprint density at radius 1 is 0.964 bits per heavy atom. The second-order valence-corrected chi connectivity index (χ2v) is 8.05. The van der Waals surface area contributed by atoms with Crippen molar-refractivity contribution in [3.63, 3.8) is 0 Å². The Morgan fingerprint density at radius 3 is 2.39 bits per heavy atom. The Labute approximate surface area is 165 Å². The molecular weight excluding hydrogens is 374 g/mol. The molecule has 0 aromatic heterocycles. The van der Waals surface area contributed by atoms with E-state index in [1.807, 2.05) is 54.6 Å². The third-order valence-corrected chi connectivity index (χ3v) is 5.98. The number of hydrogen-bond donors (Lipinski definition) is 2. The van der Waals surface area contributed by atoms with Crippen LogP contribution in [0.2, 0.25) is 0 Å². The highest BCUT2D eigenvalue weighted by atomic mass is 32.2. The van der Waals surface area contributed by atoms with Crippen molar-refractivity contribution in [2.75, 3.05) is 13.7 Å². The molecule has 28 heavy (non-hydrogen) atoms. The summed E-state index contributed by atoms with van der Waals surface area (Å²) in [6.45, 7) is 0.159. The molecule has 3 aromatic carbocycles. The number of hydrogen-bond acceptors (Lipinski definition) is 4. The van der Waals surface area contributed by atoms with Gasteiger partial charge in [0.1, 0.15) is 10.6 Å². The summed E-state index contributed by atoms with van der Waals surface area (Å²) in [6, 6.07) is 22.1. The van der Waals surface area contributed by atoms with Crippen LogP contribution in [0.1, 0.15) is 11.1 Å². The van der Waals surface area contributed by atoms with Crippen molar-refractivity contribution in [2.45, 2.75) is 17.9 Å². The predicted molar refractivity (Wildman–Crippen MR) is 110 cm³/mol. The van der Waals surface area contributed by atoms with E-state index in [4.69, 9.17) is 4.74 Å². The zero-order valence-electron chi connectivity index (χ0n) is 15.6. The first-order chi connectivity index (χ1) is 13.5. The molecule has 0 bridgehead atoms. The normalized spacial score (nSPS) is 11.4. The van der Waals surface area contributed by atoms with E-state index < -0.39 is 10.0 Å². The molecule has 0 saturated carbocycles. The third kappa shape index (κ3) is 4.59. The van der Waals surface area contributed by atoms with Crippen LogP contribution in [0.15, 0.2) is 77.7 Å². The number of aliphatic hydroxyl groups is 1. The lowest BCUT2D eigenvalue weighted by Crippen LogP contribution is -2.26. The molecular formula is C22H23NO4S. The maximum absolute atomic E-state index is 12.9. The minimum absolute atomic E-state index is 0.0771. The Kier molecular flexibility index (Phi) is 6.46. The fourth-order valence-electron chi connectivity index (χ4n) is 3.05. The van der Waals surface area contributed by atoms with E-state index in [-0.39, 0.29) is 23.8 Å². The topological polar surface area (TPSA) is 75.6 Å². The van der Waals surface area contributed by atoms with Crippen molar-refractivity contribution in [1.29, 1.82) is 0 Å². The van der Waals surface area contributed by atoms with Gasteiger partial charge in [-0.05, 0) is 40.8 Å². The summed E-state index contributed by atoms with van der Waals surface area (Å²) in [4.78, 5) is 0.0771. The highest BCUT2D eigenvalue weighted by Crippen LogP contribution is 2.31. The lowest BCUT2D eigenvalue weighted by Gasteiger charge is -2.14. The standard InChI is InChI=1S/C22H23NO4S/c1-27-21-12-11-18(20-10-6-5-9-19(20)16-24)15-22(21)28(25,26)23-14-13-17-7-3-2-4-8-17/h2-12,15,23-24H,13-14,16H2,1H3. The molecule has 0 saturated heterocycles. The second kappa shape index (κ2) is 9.01. The van der Waals surface area contributed by atoms with Gasteiger partial charge in [-0.3, -0.25) is 0 Å². The summed E-state index contributed by atoms with van der Waals surface area (Å²) >= 11 is 0. The van der Waals surface area contributed by atoms with Gasteiger partial charge in [0.2, 0.25) is 10.0 Å². The molecule has 6 heteroatoms. The molecule has 2 N–H and O–H groups in total. The number of nitrogens with one attached hydrogen (secondary N) is 1.